The summed E-state index contributed by atoms with van der Waals surface area (Å²) in [7, 11) is 0. The number of rotatable bonds is 7. The first-order chi connectivity index (χ1) is 12.5. The molecule has 1 aliphatic heterocycles. The third-order valence-electron chi connectivity index (χ3n) is 4.59. The summed E-state index contributed by atoms with van der Waals surface area (Å²) in [6.45, 7) is 8.78. The fourth-order valence-corrected chi connectivity index (χ4v) is 3.26. The molecule has 7 nitrogen and oxygen atoms in total. The monoisotopic (exact) mass is 356 g/mol. The number of benzene rings is 1. The lowest BCUT2D eigenvalue weighted by Gasteiger charge is -2.26. The quantitative estimate of drug-likeness (QED) is 0.693. The van der Waals surface area contributed by atoms with E-state index in [2.05, 4.69) is 29.4 Å². The first-order valence-corrected chi connectivity index (χ1v) is 9.27. The van der Waals surface area contributed by atoms with Gasteiger partial charge in [0.25, 0.3) is 0 Å². The first kappa shape index (κ1) is 18.5. The number of hydrogen-bond acceptors (Lipinski definition) is 6. The van der Waals surface area contributed by atoms with Crippen molar-refractivity contribution in [2.45, 2.75) is 32.9 Å². The second kappa shape index (κ2) is 8.42. The second-order valence-electron chi connectivity index (χ2n) is 7.26. The van der Waals surface area contributed by atoms with E-state index >= 15 is 0 Å². The molecule has 2 heterocycles. The zero-order valence-electron chi connectivity index (χ0n) is 15.5. The van der Waals surface area contributed by atoms with Crippen molar-refractivity contribution < 1.29 is 4.79 Å². The Hall–Kier alpha value is -2.25. The number of hydrogen-bond donors (Lipinski definition) is 3. The number of para-hydroxylation sites is 1. The number of carbonyl (C=O) groups is 1. The van der Waals surface area contributed by atoms with Crippen LogP contribution >= 0.6 is 0 Å². The Kier molecular flexibility index (Phi) is 6.00. The van der Waals surface area contributed by atoms with Gasteiger partial charge < -0.3 is 16.4 Å². The average molecular weight is 356 g/mol. The van der Waals surface area contributed by atoms with Gasteiger partial charge in [-0.1, -0.05) is 26.0 Å². The molecule has 1 aliphatic rings. The summed E-state index contributed by atoms with van der Waals surface area (Å²) in [6.07, 6.45) is 0.667. The largest absolute Gasteiger partial charge is 0.368 e. The van der Waals surface area contributed by atoms with E-state index in [1.165, 1.54) is 0 Å². The highest BCUT2D eigenvalue weighted by Gasteiger charge is 2.20. The van der Waals surface area contributed by atoms with Crippen LogP contribution in [-0.4, -0.2) is 53.0 Å². The number of nitrogens with zero attached hydrogens (tertiary/aromatic N) is 3. The molecule has 0 unspecified atom stereocenters. The van der Waals surface area contributed by atoms with Crippen LogP contribution in [0.1, 0.15) is 26.1 Å². The minimum absolute atomic E-state index is 0.355. The maximum absolute atomic E-state index is 11.9. The van der Waals surface area contributed by atoms with Crippen LogP contribution in [0.5, 0.6) is 0 Å². The average Bonchev–Trinajstić information content (AvgIpc) is 2.61. The highest BCUT2D eigenvalue weighted by molar-refractivity contribution is 5.91. The fraction of sp³-hybridized carbons (Fsp3) is 0.526. The number of aromatic nitrogens is 2. The molecule has 0 bridgehead atoms. The van der Waals surface area contributed by atoms with Crippen molar-refractivity contribution in [3.8, 4) is 0 Å². The van der Waals surface area contributed by atoms with Crippen LogP contribution in [0.2, 0.25) is 0 Å². The molecular formula is C19H28N6O. The van der Waals surface area contributed by atoms with Crippen LogP contribution in [0.3, 0.4) is 0 Å². The minimum Gasteiger partial charge on any atom is -0.368 e. The van der Waals surface area contributed by atoms with Gasteiger partial charge in [-0.3, -0.25) is 9.69 Å². The smallest absolute Gasteiger partial charge is 0.239 e. The van der Waals surface area contributed by atoms with Gasteiger partial charge in [0.2, 0.25) is 5.91 Å². The molecule has 1 fully saturated rings. The molecule has 4 N–H and O–H groups in total. The highest BCUT2D eigenvalue weighted by Crippen LogP contribution is 2.22. The molecule has 0 saturated carbocycles. The molecule has 1 aromatic carbocycles. The lowest BCUT2D eigenvalue weighted by Crippen LogP contribution is -2.43. The SMILES string of the molecule is CC(C)C[C@H](Nc1nc(CN2CCNCC2)nc2ccccc12)C(N)=O. The highest BCUT2D eigenvalue weighted by atomic mass is 16.1. The van der Waals surface area contributed by atoms with Crippen molar-refractivity contribution in [2.75, 3.05) is 31.5 Å². The van der Waals surface area contributed by atoms with Crippen molar-refractivity contribution >= 4 is 22.6 Å². The minimum atomic E-state index is -0.444. The Morgan fingerprint density at radius 1 is 1.27 bits per heavy atom. The Labute approximate surface area is 154 Å². The third-order valence-corrected chi connectivity index (χ3v) is 4.59. The van der Waals surface area contributed by atoms with E-state index < -0.39 is 6.04 Å². The van der Waals surface area contributed by atoms with Gasteiger partial charge in [0, 0.05) is 31.6 Å². The number of piperazine rings is 1. The number of nitrogens with one attached hydrogen (secondary N) is 2. The standard InChI is InChI=1S/C19H28N6O/c1-13(2)11-16(18(20)26)23-19-14-5-3-4-6-15(14)22-17(24-19)12-25-9-7-21-8-10-25/h3-6,13,16,21H,7-12H2,1-2H3,(H2,20,26)(H,22,23,24)/t16-/m0/s1. The Morgan fingerprint density at radius 3 is 2.69 bits per heavy atom. The Balaban J connectivity index is 1.90. The topological polar surface area (TPSA) is 96.2 Å². The molecule has 1 atom stereocenters. The summed E-state index contributed by atoms with van der Waals surface area (Å²) < 4.78 is 0. The van der Waals surface area contributed by atoms with Crippen molar-refractivity contribution in [2.24, 2.45) is 11.7 Å². The van der Waals surface area contributed by atoms with Crippen LogP contribution in [-0.2, 0) is 11.3 Å². The fourth-order valence-electron chi connectivity index (χ4n) is 3.26. The summed E-state index contributed by atoms with van der Waals surface area (Å²) in [5.74, 6) is 1.45. The van der Waals surface area contributed by atoms with E-state index in [0.717, 1.165) is 42.9 Å². The molecule has 3 rings (SSSR count). The maximum Gasteiger partial charge on any atom is 0.239 e. The predicted octanol–water partition coefficient (Wildman–Crippen LogP) is 1.35. The maximum atomic E-state index is 11.9. The summed E-state index contributed by atoms with van der Waals surface area (Å²) in [5.41, 5.74) is 6.48. The molecule has 1 aromatic heterocycles. The Morgan fingerprint density at radius 2 is 2.00 bits per heavy atom. The van der Waals surface area contributed by atoms with E-state index in [1.807, 2.05) is 24.3 Å². The molecule has 26 heavy (non-hydrogen) atoms. The van der Waals surface area contributed by atoms with Crippen molar-refractivity contribution in [1.29, 1.82) is 0 Å². The van der Waals surface area contributed by atoms with Gasteiger partial charge in [-0.05, 0) is 24.5 Å². The lowest BCUT2D eigenvalue weighted by atomic mass is 10.0. The molecule has 0 aliphatic carbocycles. The van der Waals surface area contributed by atoms with Gasteiger partial charge in [-0.2, -0.15) is 0 Å². The van der Waals surface area contributed by atoms with Crippen LogP contribution in [0.4, 0.5) is 5.82 Å². The van der Waals surface area contributed by atoms with Gasteiger partial charge in [0.05, 0.1) is 12.1 Å². The number of anilines is 1. The van der Waals surface area contributed by atoms with Crippen LogP contribution in [0.25, 0.3) is 10.9 Å². The molecule has 0 radical (unpaired) electrons. The Bertz CT molecular complexity index is 757. The predicted molar refractivity (Wildman–Crippen MR) is 104 cm³/mol. The van der Waals surface area contributed by atoms with Crippen LogP contribution in [0, 0.1) is 5.92 Å². The van der Waals surface area contributed by atoms with Gasteiger partial charge in [-0.25, -0.2) is 9.97 Å². The van der Waals surface area contributed by atoms with Crippen molar-refractivity contribution in [3.05, 3.63) is 30.1 Å². The summed E-state index contributed by atoms with van der Waals surface area (Å²) >= 11 is 0. The molecule has 7 heteroatoms. The lowest BCUT2D eigenvalue weighted by molar-refractivity contribution is -0.119. The summed E-state index contributed by atoms with van der Waals surface area (Å²) in [6, 6.07) is 7.42. The third kappa shape index (κ3) is 4.68. The number of fused-ring (bicyclic) bond motifs is 1. The van der Waals surface area contributed by atoms with Gasteiger partial charge in [0.15, 0.2) is 0 Å². The van der Waals surface area contributed by atoms with E-state index in [9.17, 15) is 4.79 Å². The normalized spacial score (nSPS) is 16.7. The van der Waals surface area contributed by atoms with E-state index in [4.69, 9.17) is 15.7 Å². The number of carbonyl (C=O) groups excluding carboxylic acids is 1. The zero-order chi connectivity index (χ0) is 18.5. The zero-order valence-corrected chi connectivity index (χ0v) is 15.5. The van der Waals surface area contributed by atoms with E-state index in [0.29, 0.717) is 24.7 Å². The number of amides is 1. The van der Waals surface area contributed by atoms with Gasteiger partial charge >= 0.3 is 0 Å². The molecule has 0 spiro atoms. The second-order valence-corrected chi connectivity index (χ2v) is 7.26. The molecule has 1 amide bonds. The van der Waals surface area contributed by atoms with Gasteiger partial charge in [0.1, 0.15) is 17.7 Å². The molecule has 140 valence electrons. The molecule has 1 saturated heterocycles. The van der Waals surface area contributed by atoms with Crippen LogP contribution < -0.4 is 16.4 Å². The summed E-state index contributed by atoms with van der Waals surface area (Å²) in [4.78, 5) is 23.7. The van der Waals surface area contributed by atoms with Crippen molar-refractivity contribution in [3.63, 3.8) is 0 Å². The van der Waals surface area contributed by atoms with E-state index in [-0.39, 0.29) is 5.91 Å². The molecule has 2 aromatic rings. The van der Waals surface area contributed by atoms with Crippen LogP contribution in [0.15, 0.2) is 24.3 Å². The number of nitrogens with two attached hydrogens (primary N) is 1. The molecular weight excluding hydrogens is 328 g/mol. The number of primary amides is 1. The van der Waals surface area contributed by atoms with E-state index in [1.54, 1.807) is 0 Å². The summed E-state index contributed by atoms with van der Waals surface area (Å²) in [5, 5.41) is 7.53. The van der Waals surface area contributed by atoms with Crippen molar-refractivity contribution in [1.82, 2.24) is 20.2 Å². The van der Waals surface area contributed by atoms with Gasteiger partial charge in [-0.15, -0.1) is 0 Å². The first-order valence-electron chi connectivity index (χ1n) is 9.27.